The number of fused-ring (bicyclic) bond motifs is 5. The number of hydrogen-bond donors (Lipinski definition) is 2. The van der Waals surface area contributed by atoms with E-state index in [-0.39, 0.29) is 17.9 Å². The molecule has 1 saturated carbocycles. The molecule has 3 unspecified atom stereocenters. The number of hydrazine groups is 1. The molecule has 4 aromatic rings. The highest BCUT2D eigenvalue weighted by atomic mass is 19.1. The van der Waals surface area contributed by atoms with Crippen LogP contribution in [0.2, 0.25) is 0 Å². The highest BCUT2D eigenvalue weighted by molar-refractivity contribution is 5.92. The number of hydrazone groups is 1. The number of halogens is 1. The zero-order valence-electron chi connectivity index (χ0n) is 32.2. The minimum Gasteiger partial charge on any atom is -0.376 e. The molecule has 0 spiro atoms. The molecule has 2 N–H and O–H groups in total. The monoisotopic (exact) mass is 715 g/mol. The van der Waals surface area contributed by atoms with Gasteiger partial charge in [-0.1, -0.05) is 45.2 Å². The van der Waals surface area contributed by atoms with E-state index >= 15 is 4.39 Å². The number of pyridine rings is 1. The van der Waals surface area contributed by atoms with Crippen LogP contribution in [-0.4, -0.2) is 69.3 Å². The van der Waals surface area contributed by atoms with Gasteiger partial charge in [0.25, 0.3) is 0 Å². The molecule has 2 fully saturated rings. The van der Waals surface area contributed by atoms with Gasteiger partial charge in [-0.2, -0.15) is 10.2 Å². The number of hydrogen-bond acceptors (Lipinski definition) is 8. The van der Waals surface area contributed by atoms with Gasteiger partial charge < -0.3 is 19.7 Å². The molecule has 4 heterocycles. The number of likely N-dealkylation sites (N-methyl/N-ethyl adjacent to an activating group) is 1. The summed E-state index contributed by atoms with van der Waals surface area (Å²) >= 11 is 0. The van der Waals surface area contributed by atoms with E-state index in [9.17, 15) is 0 Å². The summed E-state index contributed by atoms with van der Waals surface area (Å²) in [5.74, 6) is 2.40. The van der Waals surface area contributed by atoms with Crippen molar-refractivity contribution in [2.45, 2.75) is 78.9 Å². The number of likely N-dealkylation sites (tertiary alicyclic amines) is 1. The predicted octanol–water partition coefficient (Wildman–Crippen LogP) is 8.37. The zero-order chi connectivity index (χ0) is 37.4. The van der Waals surface area contributed by atoms with Gasteiger partial charge in [0.05, 0.1) is 29.0 Å². The van der Waals surface area contributed by atoms with Crippen LogP contribution in [0, 0.1) is 38.4 Å². The Morgan fingerprint density at radius 2 is 1.87 bits per heavy atom. The third-order valence-corrected chi connectivity index (χ3v) is 10.9. The lowest BCUT2D eigenvalue weighted by atomic mass is 10.0. The van der Waals surface area contributed by atoms with Gasteiger partial charge in [-0.15, -0.1) is 0 Å². The Kier molecular flexibility index (Phi) is 10.4. The lowest BCUT2D eigenvalue weighted by Crippen LogP contribution is -2.39. The average molecular weight is 716 g/mol. The van der Waals surface area contributed by atoms with Crippen molar-refractivity contribution in [2.75, 3.05) is 37.1 Å². The summed E-state index contributed by atoms with van der Waals surface area (Å²) < 4.78 is 17.5. The molecule has 1 saturated heterocycles. The lowest BCUT2D eigenvalue weighted by Gasteiger charge is -2.36. The van der Waals surface area contributed by atoms with Crippen molar-refractivity contribution >= 4 is 28.8 Å². The van der Waals surface area contributed by atoms with Crippen LogP contribution in [0.15, 0.2) is 89.8 Å². The van der Waals surface area contributed by atoms with Crippen molar-refractivity contribution in [1.29, 1.82) is 0 Å². The summed E-state index contributed by atoms with van der Waals surface area (Å²) in [5.41, 5.74) is 12.7. The molecular weight excluding hydrogens is 662 g/mol. The summed E-state index contributed by atoms with van der Waals surface area (Å²) in [6.45, 7) is 22.7. The Morgan fingerprint density at radius 1 is 1.06 bits per heavy atom. The second-order valence-corrected chi connectivity index (χ2v) is 15.2. The first-order chi connectivity index (χ1) is 25.5. The molecular formula is C43H54FN9. The van der Waals surface area contributed by atoms with Crippen LogP contribution in [0.5, 0.6) is 0 Å². The number of aromatic nitrogens is 3. The van der Waals surface area contributed by atoms with E-state index in [2.05, 4.69) is 95.9 Å². The molecule has 7 rings (SSSR count). The molecule has 2 aromatic heterocycles. The molecule has 278 valence electrons. The minimum atomic E-state index is -0.329. The Labute approximate surface area is 314 Å². The van der Waals surface area contributed by atoms with Crippen LogP contribution in [0.1, 0.15) is 56.5 Å². The van der Waals surface area contributed by atoms with Crippen molar-refractivity contribution in [3.8, 4) is 11.3 Å². The van der Waals surface area contributed by atoms with Gasteiger partial charge in [0.2, 0.25) is 0 Å². The van der Waals surface area contributed by atoms with Crippen molar-refractivity contribution in [2.24, 2.45) is 16.9 Å². The molecule has 3 atom stereocenters. The molecule has 2 aliphatic heterocycles. The van der Waals surface area contributed by atoms with E-state index in [1.807, 2.05) is 19.9 Å². The quantitative estimate of drug-likeness (QED) is 0.103. The Hall–Kier alpha value is -4.96. The fraction of sp³-hybridized carbons (Fsp3) is 0.419. The lowest BCUT2D eigenvalue weighted by molar-refractivity contribution is 0.249. The van der Waals surface area contributed by atoms with Gasteiger partial charge >= 0.3 is 0 Å². The van der Waals surface area contributed by atoms with Crippen LogP contribution < -0.4 is 15.9 Å². The highest BCUT2D eigenvalue weighted by Crippen LogP contribution is 2.38. The normalized spacial score (nSPS) is 20.8. The van der Waals surface area contributed by atoms with E-state index in [1.54, 1.807) is 12.3 Å². The molecule has 3 aliphatic rings. The maximum absolute atomic E-state index is 15.1. The first-order valence-electron chi connectivity index (χ1n) is 19.2. The topological polar surface area (TPSA) is 76.8 Å². The van der Waals surface area contributed by atoms with Gasteiger partial charge in [0.15, 0.2) is 0 Å². The summed E-state index contributed by atoms with van der Waals surface area (Å²) in [7, 11) is 2.19. The van der Waals surface area contributed by atoms with Gasteiger partial charge in [-0.3, -0.25) is 0 Å². The molecule has 10 heteroatoms. The van der Waals surface area contributed by atoms with E-state index in [0.717, 1.165) is 102 Å². The molecule has 1 aliphatic carbocycles. The maximum Gasteiger partial charge on any atom is 0.150 e. The number of aryl methyl sites for hydroxylation is 3. The molecule has 0 amide bonds. The zero-order valence-corrected chi connectivity index (χ0v) is 32.2. The van der Waals surface area contributed by atoms with Gasteiger partial charge in [-0.05, 0) is 106 Å². The number of imidazole rings is 1. The number of nitrogens with one attached hydrogen (secondary N) is 2. The van der Waals surface area contributed by atoms with Crippen molar-refractivity contribution in [3.05, 3.63) is 108 Å². The third kappa shape index (κ3) is 7.74. The number of nitrogens with zero attached hydrogens (tertiary/aromatic N) is 7. The van der Waals surface area contributed by atoms with Crippen molar-refractivity contribution < 1.29 is 4.39 Å². The van der Waals surface area contributed by atoms with E-state index < -0.39 is 0 Å². The summed E-state index contributed by atoms with van der Waals surface area (Å²) in [6.07, 6.45) is 8.31. The smallest absolute Gasteiger partial charge is 0.150 e. The average Bonchev–Trinajstić information content (AvgIpc) is 3.78. The maximum atomic E-state index is 15.1. The van der Waals surface area contributed by atoms with Gasteiger partial charge in [0.1, 0.15) is 23.1 Å². The fourth-order valence-corrected chi connectivity index (χ4v) is 7.86. The highest BCUT2D eigenvalue weighted by Gasteiger charge is 2.38. The fourth-order valence-electron chi connectivity index (χ4n) is 7.86. The van der Waals surface area contributed by atoms with Crippen LogP contribution in [0.25, 0.3) is 22.3 Å². The van der Waals surface area contributed by atoms with Gasteiger partial charge in [-0.25, -0.2) is 19.8 Å². The molecule has 2 aromatic carbocycles. The number of rotatable bonds is 9. The Balaban J connectivity index is 1.25. The molecule has 0 radical (unpaired) electrons. The first-order valence-corrected chi connectivity index (χ1v) is 19.2. The Bertz CT molecular complexity index is 2080. The largest absolute Gasteiger partial charge is 0.376 e. The summed E-state index contributed by atoms with van der Waals surface area (Å²) in [5, 5.41) is 10.1. The van der Waals surface area contributed by atoms with Crippen LogP contribution >= 0.6 is 0 Å². The second-order valence-electron chi connectivity index (χ2n) is 15.2. The number of benzene rings is 2. The first kappa shape index (κ1) is 36.4. The van der Waals surface area contributed by atoms with Gasteiger partial charge in [0, 0.05) is 61.8 Å². The number of anilines is 2. The van der Waals surface area contributed by atoms with E-state index in [4.69, 9.17) is 21.6 Å². The standard InChI is InChI=1S/C43H54FN9/c1-9-32-24-50(8)30(6)41-22-34(48-42-13-11-12-37(49-42)35-18-28(4)20-38-43(35)51(25-32)31(7)47-38)26-52(41)40(21-33-15-16-33)29(5)23-46-53(45-10-2)39-17-14-27(3)19-36(39)44/h11-14,17-21,23,32-34,41,45H,5-6,9-10,15-16,22,24-26H2,1-4,7-8H3,(H,48,49)/b40-21+,46-23-. The predicted molar refractivity (Wildman–Crippen MR) is 216 cm³/mol. The van der Waals surface area contributed by atoms with Crippen LogP contribution in [0.3, 0.4) is 0 Å². The molecule has 9 nitrogen and oxygen atoms in total. The van der Waals surface area contributed by atoms with Crippen LogP contribution in [-0.2, 0) is 6.54 Å². The van der Waals surface area contributed by atoms with E-state index in [0.29, 0.717) is 24.1 Å². The molecule has 4 bridgehead atoms. The molecule has 53 heavy (non-hydrogen) atoms. The van der Waals surface area contributed by atoms with Crippen molar-refractivity contribution in [1.82, 2.24) is 29.8 Å². The summed E-state index contributed by atoms with van der Waals surface area (Å²) in [6, 6.07) is 16.0. The van der Waals surface area contributed by atoms with Crippen molar-refractivity contribution in [3.63, 3.8) is 0 Å². The second kappa shape index (κ2) is 15.2. The SMILES string of the molecule is C=C(/C=N\N(NCC)c1ccc(C)cc1F)/C(=C\C1CC1)N1CC2CC1C(=C)N(C)CC(CC)Cn1c(C)nc3cc(C)cc(c31)-c1cccc(n1)N2. The summed E-state index contributed by atoms with van der Waals surface area (Å²) in [4.78, 5) is 15.1. The number of allylic oxidation sites excluding steroid dienone is 2. The van der Waals surface area contributed by atoms with E-state index in [1.165, 1.54) is 16.7 Å². The van der Waals surface area contributed by atoms with Crippen LogP contribution in [0.4, 0.5) is 15.9 Å². The Morgan fingerprint density at radius 3 is 2.60 bits per heavy atom. The minimum absolute atomic E-state index is 0.0272. The third-order valence-electron chi connectivity index (χ3n) is 10.9.